The molecule has 2 atom stereocenters. The van der Waals surface area contributed by atoms with Gasteiger partial charge in [0, 0.05) is 36.7 Å². The molecule has 0 spiro atoms. The smallest absolute Gasteiger partial charge is 0.0627 e. The summed E-state index contributed by atoms with van der Waals surface area (Å²) in [6, 6.07) is 0. The van der Waals surface area contributed by atoms with Crippen molar-refractivity contribution in [2.24, 2.45) is 5.92 Å². The molecule has 0 amide bonds. The third-order valence-electron chi connectivity index (χ3n) is 3.74. The molecule has 2 heterocycles. The molecule has 2 nitrogen and oxygen atoms in total. The molecule has 0 aromatic rings. The monoisotopic (exact) mass is 257 g/mol. The van der Waals surface area contributed by atoms with Gasteiger partial charge in [-0.05, 0) is 25.2 Å². The molecule has 2 aliphatic rings. The predicted molar refractivity (Wildman–Crippen MR) is 75.7 cm³/mol. The van der Waals surface area contributed by atoms with Gasteiger partial charge >= 0.3 is 0 Å². The van der Waals surface area contributed by atoms with E-state index in [-0.39, 0.29) is 0 Å². The lowest BCUT2D eigenvalue weighted by Gasteiger charge is -2.41. The van der Waals surface area contributed by atoms with Crippen molar-refractivity contribution in [2.75, 3.05) is 32.0 Å². The van der Waals surface area contributed by atoms with E-state index in [1.807, 2.05) is 0 Å². The number of thioether (sulfide) groups is 1. The first-order chi connectivity index (χ1) is 8.04. The molecule has 2 rings (SSSR count). The molecule has 0 saturated carbocycles. The van der Waals surface area contributed by atoms with Gasteiger partial charge in [-0.2, -0.15) is 11.8 Å². The SMILES string of the molecule is CC(C)(C)SCCN1CCC2OCCCC2C1. The van der Waals surface area contributed by atoms with Crippen LogP contribution >= 0.6 is 11.8 Å². The molecular formula is C14H27NOS. The van der Waals surface area contributed by atoms with E-state index in [0.29, 0.717) is 10.9 Å². The summed E-state index contributed by atoms with van der Waals surface area (Å²) in [6.07, 6.45) is 4.49. The Morgan fingerprint density at radius 2 is 2.12 bits per heavy atom. The maximum absolute atomic E-state index is 5.86. The zero-order valence-corrected chi connectivity index (χ0v) is 12.4. The van der Waals surface area contributed by atoms with E-state index < -0.39 is 0 Å². The third kappa shape index (κ3) is 4.46. The van der Waals surface area contributed by atoms with Gasteiger partial charge in [-0.25, -0.2) is 0 Å². The molecule has 2 fully saturated rings. The molecule has 0 aliphatic carbocycles. The van der Waals surface area contributed by atoms with Gasteiger partial charge in [0.15, 0.2) is 0 Å². The van der Waals surface area contributed by atoms with Gasteiger partial charge in [0.05, 0.1) is 6.10 Å². The second-order valence-corrected chi connectivity index (χ2v) is 8.28. The number of likely N-dealkylation sites (tertiary alicyclic amines) is 1. The van der Waals surface area contributed by atoms with Gasteiger partial charge in [-0.3, -0.25) is 0 Å². The Balaban J connectivity index is 1.69. The minimum absolute atomic E-state index is 0.409. The Morgan fingerprint density at radius 3 is 2.88 bits per heavy atom. The maximum Gasteiger partial charge on any atom is 0.0627 e. The summed E-state index contributed by atoms with van der Waals surface area (Å²) in [4.78, 5) is 2.65. The normalized spacial score (nSPS) is 31.2. The summed E-state index contributed by atoms with van der Waals surface area (Å²) in [7, 11) is 0. The molecule has 2 aliphatic heterocycles. The number of hydrogen-bond donors (Lipinski definition) is 0. The van der Waals surface area contributed by atoms with Gasteiger partial charge < -0.3 is 9.64 Å². The summed E-state index contributed by atoms with van der Waals surface area (Å²) in [5.74, 6) is 2.08. The largest absolute Gasteiger partial charge is 0.378 e. The van der Waals surface area contributed by atoms with Crippen LogP contribution in [0.2, 0.25) is 0 Å². The first-order valence-corrected chi connectivity index (χ1v) is 8.01. The Labute approximate surface area is 110 Å². The van der Waals surface area contributed by atoms with Gasteiger partial charge in [-0.1, -0.05) is 20.8 Å². The summed E-state index contributed by atoms with van der Waals surface area (Å²) in [5, 5.41) is 0. The molecule has 0 N–H and O–H groups in total. The van der Waals surface area contributed by atoms with Crippen molar-refractivity contribution in [1.29, 1.82) is 0 Å². The minimum atomic E-state index is 0.409. The summed E-state index contributed by atoms with van der Waals surface area (Å²) >= 11 is 2.08. The third-order valence-corrected chi connectivity index (χ3v) is 4.99. The molecule has 0 radical (unpaired) electrons. The van der Waals surface area contributed by atoms with E-state index in [1.54, 1.807) is 0 Å². The number of ether oxygens (including phenoxy) is 1. The van der Waals surface area contributed by atoms with E-state index in [2.05, 4.69) is 37.4 Å². The average Bonchev–Trinajstić information content (AvgIpc) is 2.27. The lowest BCUT2D eigenvalue weighted by atomic mass is 9.88. The van der Waals surface area contributed by atoms with Crippen LogP contribution in [0.4, 0.5) is 0 Å². The van der Waals surface area contributed by atoms with Crippen LogP contribution in [0.1, 0.15) is 40.0 Å². The number of rotatable bonds is 3. The fourth-order valence-corrected chi connectivity index (χ4v) is 3.81. The average molecular weight is 257 g/mol. The lowest BCUT2D eigenvalue weighted by molar-refractivity contribution is -0.0651. The summed E-state index contributed by atoms with van der Waals surface area (Å²) in [6.45, 7) is 11.7. The molecule has 2 unspecified atom stereocenters. The Morgan fingerprint density at radius 1 is 1.29 bits per heavy atom. The van der Waals surface area contributed by atoms with Crippen molar-refractivity contribution >= 4 is 11.8 Å². The highest BCUT2D eigenvalue weighted by Crippen LogP contribution is 2.29. The zero-order valence-electron chi connectivity index (χ0n) is 11.6. The number of fused-ring (bicyclic) bond motifs is 1. The molecular weight excluding hydrogens is 230 g/mol. The van der Waals surface area contributed by atoms with Gasteiger partial charge in [-0.15, -0.1) is 0 Å². The number of hydrogen-bond acceptors (Lipinski definition) is 3. The van der Waals surface area contributed by atoms with Crippen LogP contribution in [0, 0.1) is 5.92 Å². The maximum atomic E-state index is 5.86. The van der Waals surface area contributed by atoms with Crippen LogP contribution in [-0.4, -0.2) is 47.7 Å². The highest BCUT2D eigenvalue weighted by Gasteiger charge is 2.31. The first kappa shape index (κ1) is 13.7. The van der Waals surface area contributed by atoms with Crippen molar-refractivity contribution in [3.63, 3.8) is 0 Å². The molecule has 3 heteroatoms. The summed E-state index contributed by atoms with van der Waals surface area (Å²) in [5.41, 5.74) is 0. The molecule has 17 heavy (non-hydrogen) atoms. The lowest BCUT2D eigenvalue weighted by Crippen LogP contribution is -2.46. The fourth-order valence-electron chi connectivity index (χ4n) is 2.85. The second-order valence-electron chi connectivity index (χ2n) is 6.36. The van der Waals surface area contributed by atoms with Crippen LogP contribution in [0.3, 0.4) is 0 Å². The standard InChI is InChI=1S/C14H27NOS/c1-14(2,3)17-10-8-15-7-6-13-12(11-15)5-4-9-16-13/h12-13H,4-11H2,1-3H3. The van der Waals surface area contributed by atoms with Crippen molar-refractivity contribution in [1.82, 2.24) is 4.90 Å². The molecule has 0 aromatic carbocycles. The van der Waals surface area contributed by atoms with E-state index in [9.17, 15) is 0 Å². The Bertz CT molecular complexity index is 239. The van der Waals surface area contributed by atoms with Crippen molar-refractivity contribution < 1.29 is 4.74 Å². The minimum Gasteiger partial charge on any atom is -0.378 e. The van der Waals surface area contributed by atoms with Gasteiger partial charge in [0.25, 0.3) is 0 Å². The molecule has 0 aromatic heterocycles. The fraction of sp³-hybridized carbons (Fsp3) is 1.00. The quantitative estimate of drug-likeness (QED) is 0.771. The van der Waals surface area contributed by atoms with Crippen LogP contribution in [-0.2, 0) is 4.74 Å². The second kappa shape index (κ2) is 5.94. The van der Waals surface area contributed by atoms with Crippen LogP contribution in [0.5, 0.6) is 0 Å². The van der Waals surface area contributed by atoms with Gasteiger partial charge in [0.2, 0.25) is 0 Å². The topological polar surface area (TPSA) is 12.5 Å². The highest BCUT2D eigenvalue weighted by atomic mass is 32.2. The Kier molecular flexibility index (Phi) is 4.79. The van der Waals surface area contributed by atoms with Crippen molar-refractivity contribution in [3.8, 4) is 0 Å². The molecule has 2 saturated heterocycles. The number of piperidine rings is 1. The van der Waals surface area contributed by atoms with Crippen molar-refractivity contribution in [2.45, 2.75) is 50.9 Å². The molecule has 0 bridgehead atoms. The highest BCUT2D eigenvalue weighted by molar-refractivity contribution is 8.00. The Hall–Kier alpha value is 0.270. The summed E-state index contributed by atoms with van der Waals surface area (Å²) < 4.78 is 6.27. The number of nitrogens with zero attached hydrogens (tertiary/aromatic N) is 1. The van der Waals surface area contributed by atoms with Crippen LogP contribution in [0.15, 0.2) is 0 Å². The predicted octanol–water partition coefficient (Wildman–Crippen LogP) is 3.02. The molecule has 100 valence electrons. The zero-order chi connectivity index (χ0) is 12.3. The van der Waals surface area contributed by atoms with E-state index in [0.717, 1.165) is 12.5 Å². The van der Waals surface area contributed by atoms with E-state index in [1.165, 1.54) is 44.6 Å². The van der Waals surface area contributed by atoms with Gasteiger partial charge in [0.1, 0.15) is 0 Å². The first-order valence-electron chi connectivity index (χ1n) is 7.02. The van der Waals surface area contributed by atoms with Crippen LogP contribution in [0.25, 0.3) is 0 Å². The van der Waals surface area contributed by atoms with Crippen molar-refractivity contribution in [3.05, 3.63) is 0 Å². The van der Waals surface area contributed by atoms with E-state index >= 15 is 0 Å². The van der Waals surface area contributed by atoms with E-state index in [4.69, 9.17) is 4.74 Å². The van der Waals surface area contributed by atoms with Crippen LogP contribution < -0.4 is 0 Å².